The lowest BCUT2D eigenvalue weighted by Crippen LogP contribution is -2.07. The lowest BCUT2D eigenvalue weighted by molar-refractivity contribution is -0.384. The summed E-state index contributed by atoms with van der Waals surface area (Å²) >= 11 is 3.24. The van der Waals surface area contributed by atoms with Crippen molar-refractivity contribution in [2.75, 3.05) is 19.0 Å². The van der Waals surface area contributed by atoms with Gasteiger partial charge in [-0.05, 0) is 30.2 Å². The topological polar surface area (TPSA) is 64.4 Å². The van der Waals surface area contributed by atoms with E-state index >= 15 is 0 Å². The minimum absolute atomic E-state index is 0.0596. The Labute approximate surface area is 131 Å². The Balaban J connectivity index is 2.05. The van der Waals surface area contributed by atoms with Crippen LogP contribution in [0.4, 0.5) is 11.4 Å². The molecule has 2 aromatic rings. The van der Waals surface area contributed by atoms with Crippen molar-refractivity contribution < 1.29 is 9.66 Å². The lowest BCUT2D eigenvalue weighted by Gasteiger charge is -2.10. The maximum atomic E-state index is 11.0. The van der Waals surface area contributed by atoms with Gasteiger partial charge in [-0.15, -0.1) is 0 Å². The summed E-state index contributed by atoms with van der Waals surface area (Å²) in [6.07, 6.45) is 0.719. The van der Waals surface area contributed by atoms with Crippen molar-refractivity contribution in [3.05, 3.63) is 62.6 Å². The zero-order valence-corrected chi connectivity index (χ0v) is 13.1. The first kappa shape index (κ1) is 15.3. The van der Waals surface area contributed by atoms with E-state index in [1.807, 2.05) is 24.3 Å². The Bertz CT molecular complexity index is 647. The van der Waals surface area contributed by atoms with Crippen LogP contribution in [0.5, 0.6) is 5.75 Å². The van der Waals surface area contributed by atoms with Gasteiger partial charge in [0.05, 0.1) is 12.0 Å². The minimum Gasteiger partial charge on any atom is -0.496 e. The summed E-state index contributed by atoms with van der Waals surface area (Å²) in [7, 11) is 1.63. The SMILES string of the molecule is COc1ccccc1CCNc1ccc(Br)cc1[N+](=O)[O-]. The van der Waals surface area contributed by atoms with E-state index in [0.717, 1.165) is 17.7 Å². The Morgan fingerprint density at radius 3 is 2.76 bits per heavy atom. The van der Waals surface area contributed by atoms with Crippen LogP contribution in [-0.2, 0) is 6.42 Å². The molecule has 21 heavy (non-hydrogen) atoms. The summed E-state index contributed by atoms with van der Waals surface area (Å²) in [5.41, 5.74) is 1.63. The van der Waals surface area contributed by atoms with Crippen molar-refractivity contribution in [2.24, 2.45) is 0 Å². The van der Waals surface area contributed by atoms with Crippen LogP contribution in [0.3, 0.4) is 0 Å². The van der Waals surface area contributed by atoms with E-state index in [1.165, 1.54) is 6.07 Å². The highest BCUT2D eigenvalue weighted by molar-refractivity contribution is 9.10. The average Bonchev–Trinajstić information content (AvgIpc) is 2.49. The highest BCUT2D eigenvalue weighted by atomic mass is 79.9. The quantitative estimate of drug-likeness (QED) is 0.631. The fourth-order valence-corrected chi connectivity index (χ4v) is 2.40. The van der Waals surface area contributed by atoms with Crippen molar-refractivity contribution in [3.63, 3.8) is 0 Å². The fraction of sp³-hybridized carbons (Fsp3) is 0.200. The molecule has 0 aromatic heterocycles. The van der Waals surface area contributed by atoms with Gasteiger partial charge in [-0.2, -0.15) is 0 Å². The van der Waals surface area contributed by atoms with Crippen LogP contribution in [0.2, 0.25) is 0 Å². The zero-order valence-electron chi connectivity index (χ0n) is 11.5. The molecule has 0 aliphatic heterocycles. The molecular weight excluding hydrogens is 336 g/mol. The molecule has 0 atom stereocenters. The van der Waals surface area contributed by atoms with Gasteiger partial charge in [0.1, 0.15) is 11.4 Å². The van der Waals surface area contributed by atoms with Gasteiger partial charge in [0.15, 0.2) is 0 Å². The third-order valence-corrected chi connectivity index (χ3v) is 3.55. The van der Waals surface area contributed by atoms with Crippen LogP contribution in [0.25, 0.3) is 0 Å². The van der Waals surface area contributed by atoms with Crippen molar-refractivity contribution >= 4 is 27.3 Å². The van der Waals surface area contributed by atoms with Gasteiger partial charge in [0.2, 0.25) is 0 Å². The molecule has 2 aromatic carbocycles. The molecule has 0 spiro atoms. The van der Waals surface area contributed by atoms with Crippen molar-refractivity contribution in [2.45, 2.75) is 6.42 Å². The number of halogens is 1. The number of hydrogen-bond donors (Lipinski definition) is 1. The third kappa shape index (κ3) is 3.95. The average molecular weight is 351 g/mol. The lowest BCUT2D eigenvalue weighted by atomic mass is 10.1. The number of para-hydroxylation sites is 1. The molecule has 0 unspecified atom stereocenters. The molecule has 0 saturated carbocycles. The number of ether oxygens (including phenoxy) is 1. The maximum Gasteiger partial charge on any atom is 0.293 e. The van der Waals surface area contributed by atoms with Crippen molar-refractivity contribution in [1.82, 2.24) is 0 Å². The van der Waals surface area contributed by atoms with Gasteiger partial charge in [0, 0.05) is 17.1 Å². The molecule has 0 saturated heterocycles. The van der Waals surface area contributed by atoms with E-state index < -0.39 is 4.92 Å². The molecule has 0 heterocycles. The first-order valence-electron chi connectivity index (χ1n) is 6.41. The number of rotatable bonds is 6. The van der Waals surface area contributed by atoms with E-state index in [0.29, 0.717) is 16.7 Å². The Kier molecular flexibility index (Phi) is 5.16. The van der Waals surface area contributed by atoms with Crippen molar-refractivity contribution in [1.29, 1.82) is 0 Å². The maximum absolute atomic E-state index is 11.0. The standard InChI is InChI=1S/C15H15BrN2O3/c1-21-15-5-3-2-4-11(15)8-9-17-13-7-6-12(16)10-14(13)18(19)20/h2-7,10,17H,8-9H2,1H3. The highest BCUT2D eigenvalue weighted by Gasteiger charge is 2.13. The van der Waals surface area contributed by atoms with E-state index in [2.05, 4.69) is 21.2 Å². The number of hydrogen-bond acceptors (Lipinski definition) is 4. The molecule has 1 N–H and O–H groups in total. The number of methoxy groups -OCH3 is 1. The van der Waals surface area contributed by atoms with Crippen molar-refractivity contribution in [3.8, 4) is 5.75 Å². The summed E-state index contributed by atoms with van der Waals surface area (Å²) in [6.45, 7) is 0.586. The first-order valence-corrected chi connectivity index (χ1v) is 7.21. The third-order valence-electron chi connectivity index (χ3n) is 3.06. The molecule has 0 aliphatic carbocycles. The Morgan fingerprint density at radius 2 is 2.05 bits per heavy atom. The highest BCUT2D eigenvalue weighted by Crippen LogP contribution is 2.28. The van der Waals surface area contributed by atoms with Gasteiger partial charge >= 0.3 is 0 Å². The molecule has 5 nitrogen and oxygen atoms in total. The van der Waals surface area contributed by atoms with Crippen LogP contribution >= 0.6 is 15.9 Å². The van der Waals surface area contributed by atoms with Crippen LogP contribution in [0.1, 0.15) is 5.56 Å². The minimum atomic E-state index is -0.393. The summed E-state index contributed by atoms with van der Waals surface area (Å²) in [5.74, 6) is 0.824. The summed E-state index contributed by atoms with van der Waals surface area (Å²) < 4.78 is 5.97. The van der Waals surface area contributed by atoms with Crippen LogP contribution in [0, 0.1) is 10.1 Å². The Morgan fingerprint density at radius 1 is 1.29 bits per heavy atom. The normalized spacial score (nSPS) is 10.2. The fourth-order valence-electron chi connectivity index (χ4n) is 2.05. The molecule has 110 valence electrons. The number of anilines is 1. The number of benzene rings is 2. The van der Waals surface area contributed by atoms with E-state index in [4.69, 9.17) is 4.74 Å². The van der Waals surface area contributed by atoms with Gasteiger partial charge in [-0.3, -0.25) is 10.1 Å². The summed E-state index contributed by atoms with van der Waals surface area (Å²) in [4.78, 5) is 10.6. The van der Waals surface area contributed by atoms with E-state index in [-0.39, 0.29) is 5.69 Å². The van der Waals surface area contributed by atoms with Gasteiger partial charge in [0.25, 0.3) is 5.69 Å². The molecule has 0 radical (unpaired) electrons. The molecule has 6 heteroatoms. The summed E-state index contributed by atoms with van der Waals surface area (Å²) in [6, 6.07) is 12.7. The molecular formula is C15H15BrN2O3. The van der Waals surface area contributed by atoms with Gasteiger partial charge < -0.3 is 10.1 Å². The smallest absolute Gasteiger partial charge is 0.293 e. The van der Waals surface area contributed by atoms with Gasteiger partial charge in [-0.1, -0.05) is 34.1 Å². The molecule has 0 amide bonds. The first-order chi connectivity index (χ1) is 10.1. The van der Waals surface area contributed by atoms with Gasteiger partial charge in [-0.25, -0.2) is 0 Å². The Hall–Kier alpha value is -2.08. The number of nitrogens with one attached hydrogen (secondary N) is 1. The second-order valence-corrected chi connectivity index (χ2v) is 5.32. The van der Waals surface area contributed by atoms with Crippen LogP contribution in [0.15, 0.2) is 46.9 Å². The van der Waals surface area contributed by atoms with Crippen LogP contribution in [-0.4, -0.2) is 18.6 Å². The second kappa shape index (κ2) is 7.08. The summed E-state index contributed by atoms with van der Waals surface area (Å²) in [5, 5.41) is 14.1. The monoisotopic (exact) mass is 350 g/mol. The van der Waals surface area contributed by atoms with E-state index in [9.17, 15) is 10.1 Å². The molecule has 2 rings (SSSR count). The van der Waals surface area contributed by atoms with E-state index in [1.54, 1.807) is 19.2 Å². The number of nitro benzene ring substituents is 1. The predicted molar refractivity (Wildman–Crippen MR) is 86.0 cm³/mol. The second-order valence-electron chi connectivity index (χ2n) is 4.41. The molecule has 0 bridgehead atoms. The predicted octanol–water partition coefficient (Wildman–Crippen LogP) is 4.02. The number of nitro groups is 1. The molecule has 0 aliphatic rings. The number of nitrogens with zero attached hydrogens (tertiary/aromatic N) is 1. The zero-order chi connectivity index (χ0) is 15.2. The van der Waals surface area contributed by atoms with Crippen LogP contribution < -0.4 is 10.1 Å². The molecule has 0 fully saturated rings. The largest absolute Gasteiger partial charge is 0.496 e.